The summed E-state index contributed by atoms with van der Waals surface area (Å²) in [5.74, 6) is 3.09. The predicted molar refractivity (Wildman–Crippen MR) is 59.1 cm³/mol. The second-order valence-corrected chi connectivity index (χ2v) is 4.99. The number of thioether (sulfide) groups is 1. The van der Waals surface area contributed by atoms with E-state index in [0.717, 1.165) is 13.2 Å². The van der Waals surface area contributed by atoms with Crippen molar-refractivity contribution in [2.45, 2.75) is 32.3 Å². The second-order valence-electron chi connectivity index (χ2n) is 3.84. The van der Waals surface area contributed by atoms with Gasteiger partial charge in [0.1, 0.15) is 0 Å². The van der Waals surface area contributed by atoms with Crippen LogP contribution < -0.4 is 5.73 Å². The number of nitrogens with two attached hydrogens (primary N) is 1. The van der Waals surface area contributed by atoms with Crippen LogP contribution in [0, 0.1) is 5.92 Å². The molecular weight excluding hydrogens is 182 g/mol. The predicted octanol–water partition coefficient (Wildman–Crippen LogP) is 1.88. The zero-order chi connectivity index (χ0) is 9.52. The molecule has 2 unspecified atom stereocenters. The normalized spacial score (nSPS) is 24.9. The first-order valence-corrected chi connectivity index (χ1v) is 6.38. The first-order valence-electron chi connectivity index (χ1n) is 5.22. The third-order valence-corrected chi connectivity index (χ3v) is 3.74. The third kappa shape index (κ3) is 4.89. The molecule has 0 amide bonds. The fourth-order valence-corrected chi connectivity index (χ4v) is 2.57. The van der Waals surface area contributed by atoms with Crippen LogP contribution >= 0.6 is 11.8 Å². The van der Waals surface area contributed by atoms with Gasteiger partial charge in [0.25, 0.3) is 0 Å². The maximum Gasteiger partial charge on any atom is 0.0583 e. The molecule has 0 radical (unpaired) electrons. The lowest BCUT2D eigenvalue weighted by molar-refractivity contribution is 0.109. The zero-order valence-electron chi connectivity index (χ0n) is 8.50. The van der Waals surface area contributed by atoms with Gasteiger partial charge in [0, 0.05) is 6.61 Å². The van der Waals surface area contributed by atoms with E-state index in [1.807, 2.05) is 11.8 Å². The molecule has 1 rings (SSSR count). The minimum absolute atomic E-state index is 0.556. The lowest BCUT2D eigenvalue weighted by atomic mass is 10.2. The van der Waals surface area contributed by atoms with Crippen LogP contribution in [0.2, 0.25) is 0 Å². The van der Waals surface area contributed by atoms with E-state index in [0.29, 0.717) is 12.0 Å². The molecule has 13 heavy (non-hydrogen) atoms. The molecule has 0 aromatic heterocycles. The van der Waals surface area contributed by atoms with Crippen molar-refractivity contribution >= 4 is 11.8 Å². The van der Waals surface area contributed by atoms with Gasteiger partial charge in [-0.2, -0.15) is 11.8 Å². The van der Waals surface area contributed by atoms with E-state index in [2.05, 4.69) is 6.92 Å². The summed E-state index contributed by atoms with van der Waals surface area (Å²) in [5.41, 5.74) is 5.54. The lowest BCUT2D eigenvalue weighted by Crippen LogP contribution is -2.13. The summed E-state index contributed by atoms with van der Waals surface area (Å²) in [6.07, 6.45) is 4.31. The van der Waals surface area contributed by atoms with Gasteiger partial charge in [0.15, 0.2) is 0 Å². The van der Waals surface area contributed by atoms with Gasteiger partial charge in [-0.25, -0.2) is 0 Å². The summed E-state index contributed by atoms with van der Waals surface area (Å²) in [5, 5.41) is 0. The highest BCUT2D eigenvalue weighted by Gasteiger charge is 2.14. The molecule has 0 aliphatic carbocycles. The van der Waals surface area contributed by atoms with Crippen molar-refractivity contribution in [3.05, 3.63) is 0 Å². The quantitative estimate of drug-likeness (QED) is 0.670. The minimum atomic E-state index is 0.556. The van der Waals surface area contributed by atoms with Crippen LogP contribution in [0.5, 0.6) is 0 Å². The van der Waals surface area contributed by atoms with Gasteiger partial charge >= 0.3 is 0 Å². The van der Waals surface area contributed by atoms with Crippen LogP contribution in [-0.2, 0) is 4.74 Å². The highest BCUT2D eigenvalue weighted by Crippen LogP contribution is 2.18. The van der Waals surface area contributed by atoms with E-state index < -0.39 is 0 Å². The van der Waals surface area contributed by atoms with E-state index in [9.17, 15) is 0 Å². The summed E-state index contributed by atoms with van der Waals surface area (Å²) in [6, 6.07) is 0. The summed E-state index contributed by atoms with van der Waals surface area (Å²) in [6.45, 7) is 4.00. The van der Waals surface area contributed by atoms with Crippen LogP contribution in [0.3, 0.4) is 0 Å². The molecule has 2 nitrogen and oxygen atoms in total. The highest BCUT2D eigenvalue weighted by molar-refractivity contribution is 7.99. The van der Waals surface area contributed by atoms with E-state index in [4.69, 9.17) is 10.5 Å². The maximum absolute atomic E-state index is 5.55. The van der Waals surface area contributed by atoms with Crippen molar-refractivity contribution in [1.82, 2.24) is 0 Å². The topological polar surface area (TPSA) is 35.2 Å². The number of rotatable bonds is 6. The number of hydrogen-bond acceptors (Lipinski definition) is 3. The van der Waals surface area contributed by atoms with E-state index >= 15 is 0 Å². The van der Waals surface area contributed by atoms with Crippen molar-refractivity contribution < 1.29 is 4.74 Å². The molecule has 0 aromatic rings. The lowest BCUT2D eigenvalue weighted by Gasteiger charge is -2.10. The van der Waals surface area contributed by atoms with Crippen LogP contribution in [0.15, 0.2) is 0 Å². The Bertz CT molecular complexity index is 126. The molecule has 0 spiro atoms. The number of ether oxygens (including phenoxy) is 1. The Kier molecular flexibility index (Phi) is 5.83. The van der Waals surface area contributed by atoms with Crippen molar-refractivity contribution in [2.75, 3.05) is 24.7 Å². The van der Waals surface area contributed by atoms with Crippen LogP contribution in [-0.4, -0.2) is 30.8 Å². The Morgan fingerprint density at radius 1 is 1.62 bits per heavy atom. The molecular formula is C10H21NOS. The van der Waals surface area contributed by atoms with Crippen molar-refractivity contribution in [3.8, 4) is 0 Å². The van der Waals surface area contributed by atoms with Crippen molar-refractivity contribution in [1.29, 1.82) is 0 Å². The molecule has 2 N–H and O–H groups in total. The van der Waals surface area contributed by atoms with Gasteiger partial charge in [-0.05, 0) is 43.2 Å². The van der Waals surface area contributed by atoms with Gasteiger partial charge in [0.2, 0.25) is 0 Å². The average molecular weight is 203 g/mol. The maximum atomic E-state index is 5.55. The Labute approximate surface area is 85.6 Å². The molecule has 1 aliphatic rings. The summed E-state index contributed by atoms with van der Waals surface area (Å²) >= 11 is 2.01. The van der Waals surface area contributed by atoms with E-state index in [-0.39, 0.29) is 0 Å². The monoisotopic (exact) mass is 203 g/mol. The Morgan fingerprint density at radius 2 is 2.46 bits per heavy atom. The zero-order valence-corrected chi connectivity index (χ0v) is 9.31. The molecule has 0 aromatic carbocycles. The largest absolute Gasteiger partial charge is 0.378 e. The second kappa shape index (κ2) is 6.68. The summed E-state index contributed by atoms with van der Waals surface area (Å²) in [4.78, 5) is 0. The molecule has 0 saturated carbocycles. The van der Waals surface area contributed by atoms with Gasteiger partial charge in [0.05, 0.1) is 6.10 Å². The molecule has 1 heterocycles. The van der Waals surface area contributed by atoms with Gasteiger partial charge in [-0.1, -0.05) is 6.92 Å². The summed E-state index contributed by atoms with van der Waals surface area (Å²) < 4.78 is 5.55. The SMILES string of the molecule is CC(CN)CSCCC1CCCO1. The minimum Gasteiger partial charge on any atom is -0.378 e. The Morgan fingerprint density at radius 3 is 3.08 bits per heavy atom. The highest BCUT2D eigenvalue weighted by atomic mass is 32.2. The molecule has 2 atom stereocenters. The van der Waals surface area contributed by atoms with Gasteiger partial charge in [-0.3, -0.25) is 0 Å². The fraction of sp³-hybridized carbons (Fsp3) is 1.00. The van der Waals surface area contributed by atoms with Gasteiger partial charge in [-0.15, -0.1) is 0 Å². The smallest absolute Gasteiger partial charge is 0.0583 e. The van der Waals surface area contributed by atoms with Crippen molar-refractivity contribution in [2.24, 2.45) is 11.7 Å². The van der Waals surface area contributed by atoms with Gasteiger partial charge < -0.3 is 10.5 Å². The van der Waals surface area contributed by atoms with E-state index in [1.165, 1.54) is 30.8 Å². The molecule has 0 bridgehead atoms. The number of hydrogen-bond donors (Lipinski definition) is 1. The van der Waals surface area contributed by atoms with E-state index in [1.54, 1.807) is 0 Å². The Balaban J connectivity index is 1.88. The molecule has 1 aliphatic heterocycles. The third-order valence-electron chi connectivity index (χ3n) is 2.41. The van der Waals surface area contributed by atoms with Crippen molar-refractivity contribution in [3.63, 3.8) is 0 Å². The fourth-order valence-electron chi connectivity index (χ4n) is 1.44. The van der Waals surface area contributed by atoms with Crippen LogP contribution in [0.1, 0.15) is 26.2 Å². The standard InChI is InChI=1S/C10H21NOS/c1-9(7-11)8-13-6-4-10-3-2-5-12-10/h9-10H,2-8,11H2,1H3. The van der Waals surface area contributed by atoms with Crippen LogP contribution in [0.4, 0.5) is 0 Å². The molecule has 1 saturated heterocycles. The first-order chi connectivity index (χ1) is 6.33. The molecule has 78 valence electrons. The molecule has 1 fully saturated rings. The Hall–Kier alpha value is 0.270. The summed E-state index contributed by atoms with van der Waals surface area (Å²) in [7, 11) is 0. The van der Waals surface area contributed by atoms with Crippen LogP contribution in [0.25, 0.3) is 0 Å². The molecule has 3 heteroatoms. The average Bonchev–Trinajstić information content (AvgIpc) is 2.64. The first kappa shape index (κ1) is 11.3.